The van der Waals surface area contributed by atoms with Gasteiger partial charge in [0.15, 0.2) is 0 Å². The molecule has 0 saturated carbocycles. The second-order valence-electron chi connectivity index (χ2n) is 7.61. The van der Waals surface area contributed by atoms with Crippen LogP contribution in [-0.4, -0.2) is 80.8 Å². The highest BCUT2D eigenvalue weighted by Crippen LogP contribution is 2.19. The fourth-order valence-electron chi connectivity index (χ4n) is 3.89. The van der Waals surface area contributed by atoms with Crippen LogP contribution in [0.4, 0.5) is 0 Å². The molecule has 6 nitrogen and oxygen atoms in total. The Bertz CT molecular complexity index is 582. The van der Waals surface area contributed by atoms with Gasteiger partial charge in [0.05, 0.1) is 5.56 Å². The maximum absolute atomic E-state index is 12.9. The molecule has 25 heavy (non-hydrogen) atoms. The van der Waals surface area contributed by atoms with Gasteiger partial charge >= 0.3 is 0 Å². The van der Waals surface area contributed by atoms with E-state index in [1.165, 1.54) is 0 Å². The molecular formula is C19H34N4O2. The molecule has 1 N–H and O–H groups in total. The number of nitrogens with zero attached hydrogens (tertiary/aromatic N) is 3. The van der Waals surface area contributed by atoms with Crippen molar-refractivity contribution in [3.05, 3.63) is 23.0 Å². The molecule has 1 aromatic rings. The maximum Gasteiger partial charge on any atom is 0.253 e. The van der Waals surface area contributed by atoms with Crippen molar-refractivity contribution in [1.82, 2.24) is 19.7 Å². The lowest BCUT2D eigenvalue weighted by atomic mass is 10.0. The summed E-state index contributed by atoms with van der Waals surface area (Å²) in [5.41, 5.74) is 2.97. The summed E-state index contributed by atoms with van der Waals surface area (Å²) in [6, 6.07) is 2.22. The van der Waals surface area contributed by atoms with Crippen LogP contribution in [0.3, 0.4) is 0 Å². The van der Waals surface area contributed by atoms with Crippen molar-refractivity contribution in [1.29, 1.82) is 0 Å². The van der Waals surface area contributed by atoms with Crippen LogP contribution in [0.1, 0.15) is 28.2 Å². The third-order valence-corrected chi connectivity index (χ3v) is 5.09. The molecule has 2 atom stereocenters. The van der Waals surface area contributed by atoms with Crippen LogP contribution in [0.15, 0.2) is 6.07 Å². The van der Waals surface area contributed by atoms with Gasteiger partial charge in [-0.2, -0.15) is 0 Å². The highest BCUT2D eigenvalue weighted by molar-refractivity contribution is 5.96. The van der Waals surface area contributed by atoms with E-state index < -0.39 is 0 Å². The number of aryl methyl sites for hydroxylation is 1. The molecule has 1 aliphatic heterocycles. The molecule has 1 aromatic heterocycles. The van der Waals surface area contributed by atoms with Crippen molar-refractivity contribution in [2.24, 2.45) is 5.92 Å². The number of aromatic nitrogens is 1. The van der Waals surface area contributed by atoms with E-state index >= 15 is 0 Å². The second-order valence-corrected chi connectivity index (χ2v) is 7.61. The summed E-state index contributed by atoms with van der Waals surface area (Å²) in [7, 11) is 8.02. The van der Waals surface area contributed by atoms with E-state index in [4.69, 9.17) is 4.74 Å². The summed E-state index contributed by atoms with van der Waals surface area (Å²) in [4.78, 5) is 17.4. The normalized spacial score (nSPS) is 21.2. The lowest BCUT2D eigenvalue weighted by molar-refractivity contribution is 0.0926. The van der Waals surface area contributed by atoms with Gasteiger partial charge in [0, 0.05) is 63.2 Å². The summed E-state index contributed by atoms with van der Waals surface area (Å²) >= 11 is 0. The number of ether oxygens (including phenoxy) is 1. The minimum Gasteiger partial charge on any atom is -0.385 e. The number of hydrogen-bond acceptors (Lipinski definition) is 4. The first-order valence-electron chi connectivity index (χ1n) is 9.13. The first-order valence-corrected chi connectivity index (χ1v) is 9.13. The third kappa shape index (κ3) is 5.06. The zero-order valence-corrected chi connectivity index (χ0v) is 16.6. The number of rotatable bonds is 8. The van der Waals surface area contributed by atoms with Gasteiger partial charge in [0.1, 0.15) is 0 Å². The van der Waals surface area contributed by atoms with Crippen LogP contribution in [0.5, 0.6) is 0 Å². The number of amides is 1. The summed E-state index contributed by atoms with van der Waals surface area (Å²) < 4.78 is 7.35. The summed E-state index contributed by atoms with van der Waals surface area (Å²) in [5.74, 6) is 0.518. The van der Waals surface area contributed by atoms with Crippen LogP contribution < -0.4 is 5.32 Å². The number of likely N-dealkylation sites (tertiary alicyclic amines) is 1. The highest BCUT2D eigenvalue weighted by Gasteiger charge is 2.32. The van der Waals surface area contributed by atoms with Gasteiger partial charge in [-0.1, -0.05) is 0 Å². The molecule has 0 bridgehead atoms. The second kappa shape index (κ2) is 8.83. The number of carbonyl (C=O) groups excluding carboxylic acids is 1. The number of nitrogens with one attached hydrogen (secondary N) is 1. The zero-order valence-electron chi connectivity index (χ0n) is 16.6. The van der Waals surface area contributed by atoms with Crippen LogP contribution in [0.25, 0.3) is 0 Å². The van der Waals surface area contributed by atoms with Crippen LogP contribution >= 0.6 is 0 Å². The third-order valence-electron chi connectivity index (χ3n) is 5.09. The van der Waals surface area contributed by atoms with E-state index in [0.717, 1.165) is 56.2 Å². The van der Waals surface area contributed by atoms with Gasteiger partial charge < -0.3 is 24.4 Å². The Morgan fingerprint density at radius 1 is 1.36 bits per heavy atom. The lowest BCUT2D eigenvalue weighted by Gasteiger charge is -2.23. The highest BCUT2D eigenvalue weighted by atomic mass is 16.5. The monoisotopic (exact) mass is 350 g/mol. The molecule has 2 rings (SSSR count). The predicted molar refractivity (Wildman–Crippen MR) is 101 cm³/mol. The molecule has 1 saturated heterocycles. The summed E-state index contributed by atoms with van der Waals surface area (Å²) in [6.45, 7) is 8.65. The van der Waals surface area contributed by atoms with E-state index in [-0.39, 0.29) is 11.9 Å². The Balaban J connectivity index is 2.06. The lowest BCUT2D eigenvalue weighted by Crippen LogP contribution is -2.43. The molecule has 0 aliphatic carbocycles. The molecular weight excluding hydrogens is 316 g/mol. The molecule has 1 fully saturated rings. The van der Waals surface area contributed by atoms with E-state index in [9.17, 15) is 4.79 Å². The molecule has 0 spiro atoms. The molecule has 142 valence electrons. The predicted octanol–water partition coefficient (Wildman–Crippen LogP) is 1.36. The Labute approximate surface area is 152 Å². The molecule has 6 heteroatoms. The van der Waals surface area contributed by atoms with Crippen LogP contribution in [0, 0.1) is 19.8 Å². The smallest absolute Gasteiger partial charge is 0.253 e. The van der Waals surface area contributed by atoms with Crippen molar-refractivity contribution in [3.8, 4) is 0 Å². The van der Waals surface area contributed by atoms with E-state index in [1.54, 1.807) is 7.11 Å². The average Bonchev–Trinajstić information content (AvgIpc) is 3.00. The van der Waals surface area contributed by atoms with E-state index in [1.807, 2.05) is 13.0 Å². The van der Waals surface area contributed by atoms with E-state index in [0.29, 0.717) is 5.92 Å². The van der Waals surface area contributed by atoms with Gasteiger partial charge in [0.25, 0.3) is 5.91 Å². The van der Waals surface area contributed by atoms with E-state index in [2.05, 4.69) is 47.8 Å². The minimum atomic E-state index is 0.0511. The SMILES string of the molecule is COCCCn1c(C)cc(C(=O)N[C@@H]2CN(C)C[C@H]2CN(C)C)c1C. The van der Waals surface area contributed by atoms with Crippen molar-refractivity contribution in [3.63, 3.8) is 0 Å². The Kier molecular flexibility index (Phi) is 7.04. The van der Waals surface area contributed by atoms with Gasteiger partial charge in [-0.3, -0.25) is 4.79 Å². The van der Waals surface area contributed by atoms with Gasteiger partial charge in [-0.05, 0) is 47.5 Å². The quantitative estimate of drug-likeness (QED) is 0.720. The molecule has 1 amide bonds. The Morgan fingerprint density at radius 2 is 2.08 bits per heavy atom. The fourth-order valence-corrected chi connectivity index (χ4v) is 3.89. The van der Waals surface area contributed by atoms with Crippen molar-refractivity contribution in [2.75, 3.05) is 54.5 Å². The molecule has 2 heterocycles. The van der Waals surface area contributed by atoms with Gasteiger partial charge in [-0.25, -0.2) is 0 Å². The number of methoxy groups -OCH3 is 1. The Morgan fingerprint density at radius 3 is 2.72 bits per heavy atom. The fraction of sp³-hybridized carbons (Fsp3) is 0.737. The van der Waals surface area contributed by atoms with Gasteiger partial charge in [0.2, 0.25) is 0 Å². The summed E-state index contributed by atoms with van der Waals surface area (Å²) in [5, 5.41) is 3.28. The summed E-state index contributed by atoms with van der Waals surface area (Å²) in [6.07, 6.45) is 0.951. The van der Waals surface area contributed by atoms with Crippen molar-refractivity contribution >= 4 is 5.91 Å². The van der Waals surface area contributed by atoms with Crippen LogP contribution in [-0.2, 0) is 11.3 Å². The zero-order chi connectivity index (χ0) is 18.6. The van der Waals surface area contributed by atoms with Crippen LogP contribution in [0.2, 0.25) is 0 Å². The van der Waals surface area contributed by atoms with Crippen molar-refractivity contribution < 1.29 is 9.53 Å². The number of likely N-dealkylation sites (N-methyl/N-ethyl adjacent to an activating group) is 1. The molecule has 0 aromatic carbocycles. The first kappa shape index (κ1) is 19.9. The number of hydrogen-bond donors (Lipinski definition) is 1. The maximum atomic E-state index is 12.9. The molecule has 1 aliphatic rings. The van der Waals surface area contributed by atoms with Gasteiger partial charge in [-0.15, -0.1) is 0 Å². The number of carbonyl (C=O) groups is 1. The largest absolute Gasteiger partial charge is 0.385 e. The minimum absolute atomic E-state index is 0.0511. The topological polar surface area (TPSA) is 49.7 Å². The first-order chi connectivity index (χ1) is 11.8. The Hall–Kier alpha value is -1.37. The molecule has 0 unspecified atom stereocenters. The van der Waals surface area contributed by atoms with Crippen molar-refractivity contribution in [2.45, 2.75) is 32.9 Å². The average molecular weight is 351 g/mol. The standard InChI is InChI=1S/C19H34N4O2/c1-14-10-17(15(2)23(14)8-7-9-25-6)19(24)20-18-13-22(5)12-16(18)11-21(3)4/h10,16,18H,7-9,11-13H2,1-6H3,(H,20,24)/t16-,18-/m1/s1. The molecule has 0 radical (unpaired) electrons.